The summed E-state index contributed by atoms with van der Waals surface area (Å²) >= 11 is 0. The van der Waals surface area contributed by atoms with E-state index >= 15 is 0 Å². The number of nitrogens with zero attached hydrogens (tertiary/aromatic N) is 1. The number of carbonyl (C=O) groups excluding carboxylic acids is 2. The van der Waals surface area contributed by atoms with E-state index in [9.17, 15) is 40.0 Å². The SMILES string of the molecule is CCS(=O)(=O)c1ccc([C@H](CC=O)NC(=O)c2ccc(N3C[C@@H](Oc4ccc(C(F)(F)F)cc4)C[C@H]3COC(F)F)cc2)cc1. The second-order valence-corrected chi connectivity index (χ2v) is 12.6. The topological polar surface area (TPSA) is 102 Å². The quantitative estimate of drug-likeness (QED) is 0.183. The Kier molecular flexibility index (Phi) is 10.8. The molecular weight excluding hydrogens is 623 g/mol. The van der Waals surface area contributed by atoms with Crippen LogP contribution in [0.25, 0.3) is 0 Å². The van der Waals surface area contributed by atoms with Crippen LogP contribution >= 0.6 is 0 Å². The van der Waals surface area contributed by atoms with Gasteiger partial charge < -0.3 is 24.5 Å². The van der Waals surface area contributed by atoms with Gasteiger partial charge in [-0.1, -0.05) is 19.1 Å². The normalized spacial score (nSPS) is 17.7. The zero-order valence-corrected chi connectivity index (χ0v) is 24.9. The summed E-state index contributed by atoms with van der Waals surface area (Å²) in [4.78, 5) is 26.3. The summed E-state index contributed by atoms with van der Waals surface area (Å²) < 4.78 is 99.0. The van der Waals surface area contributed by atoms with Crippen LogP contribution in [0.1, 0.15) is 47.3 Å². The number of sulfone groups is 1. The third-order valence-corrected chi connectivity index (χ3v) is 9.15. The molecule has 1 saturated heterocycles. The Labute approximate surface area is 257 Å². The van der Waals surface area contributed by atoms with Crippen molar-refractivity contribution in [3.8, 4) is 5.75 Å². The van der Waals surface area contributed by atoms with Crippen LogP contribution in [0.4, 0.5) is 27.6 Å². The zero-order valence-electron chi connectivity index (χ0n) is 24.0. The van der Waals surface area contributed by atoms with Crippen molar-refractivity contribution in [2.24, 2.45) is 0 Å². The van der Waals surface area contributed by atoms with Gasteiger partial charge in [-0.15, -0.1) is 0 Å². The van der Waals surface area contributed by atoms with Gasteiger partial charge in [0.05, 0.1) is 41.4 Å². The fourth-order valence-electron chi connectivity index (χ4n) is 5.03. The Balaban J connectivity index is 1.46. The Morgan fingerprint density at radius 1 is 1.02 bits per heavy atom. The van der Waals surface area contributed by atoms with E-state index in [4.69, 9.17) is 4.74 Å². The predicted octanol–water partition coefficient (Wildman–Crippen LogP) is 5.82. The summed E-state index contributed by atoms with van der Waals surface area (Å²) in [5, 5.41) is 2.77. The molecule has 0 spiro atoms. The highest BCUT2D eigenvalue weighted by Crippen LogP contribution is 2.33. The first-order valence-corrected chi connectivity index (χ1v) is 15.6. The minimum Gasteiger partial charge on any atom is -0.489 e. The van der Waals surface area contributed by atoms with Gasteiger partial charge in [-0.05, 0) is 66.2 Å². The largest absolute Gasteiger partial charge is 0.489 e. The minimum atomic E-state index is -4.50. The molecule has 1 aliphatic heterocycles. The summed E-state index contributed by atoms with van der Waals surface area (Å²) in [6.07, 6.45) is -4.20. The van der Waals surface area contributed by atoms with Crippen LogP contribution in [-0.4, -0.2) is 58.3 Å². The number of benzene rings is 3. The maximum absolute atomic E-state index is 13.1. The van der Waals surface area contributed by atoms with Crippen molar-refractivity contribution in [1.82, 2.24) is 5.32 Å². The summed E-state index contributed by atoms with van der Waals surface area (Å²) in [5.41, 5.74) is 0.537. The van der Waals surface area contributed by atoms with Gasteiger partial charge in [0, 0.05) is 24.1 Å². The Hall–Kier alpha value is -4.04. The number of amides is 1. The van der Waals surface area contributed by atoms with Crippen molar-refractivity contribution in [3.05, 3.63) is 89.5 Å². The first-order chi connectivity index (χ1) is 21.3. The van der Waals surface area contributed by atoms with Crippen molar-refractivity contribution in [2.45, 2.75) is 55.6 Å². The molecule has 1 fully saturated rings. The monoisotopic (exact) mass is 654 g/mol. The van der Waals surface area contributed by atoms with Gasteiger partial charge >= 0.3 is 12.8 Å². The van der Waals surface area contributed by atoms with Gasteiger partial charge in [0.15, 0.2) is 9.84 Å². The van der Waals surface area contributed by atoms with Gasteiger partial charge in [-0.25, -0.2) is 8.42 Å². The molecule has 0 bridgehead atoms. The van der Waals surface area contributed by atoms with Crippen molar-refractivity contribution in [1.29, 1.82) is 0 Å². The molecule has 0 aliphatic carbocycles. The number of hydrogen-bond acceptors (Lipinski definition) is 7. The average molecular weight is 655 g/mol. The first kappa shape index (κ1) is 33.8. The lowest BCUT2D eigenvalue weighted by Crippen LogP contribution is -2.34. The molecular formula is C31H31F5N2O6S. The van der Waals surface area contributed by atoms with E-state index in [-0.39, 0.29) is 48.0 Å². The molecule has 1 heterocycles. The third-order valence-electron chi connectivity index (χ3n) is 7.40. The van der Waals surface area contributed by atoms with E-state index in [1.165, 1.54) is 55.5 Å². The van der Waals surface area contributed by atoms with Gasteiger partial charge in [-0.2, -0.15) is 22.0 Å². The molecule has 0 radical (unpaired) electrons. The summed E-state index contributed by atoms with van der Waals surface area (Å²) in [7, 11) is -3.42. The molecule has 3 atom stereocenters. The maximum atomic E-state index is 13.1. The molecule has 3 aromatic rings. The number of hydrogen-bond donors (Lipinski definition) is 1. The van der Waals surface area contributed by atoms with Crippen molar-refractivity contribution in [2.75, 3.05) is 23.8 Å². The summed E-state index contributed by atoms with van der Waals surface area (Å²) in [6, 6.07) is 15.1. The molecule has 1 N–H and O–H groups in total. The number of anilines is 1. The summed E-state index contributed by atoms with van der Waals surface area (Å²) in [5.74, 6) is -0.371. The Morgan fingerprint density at radius 2 is 1.67 bits per heavy atom. The number of ether oxygens (including phenoxy) is 2. The standard InChI is InChI=1S/C31H31F5N2O6S/c1-2-45(41,42)27-13-5-20(6-14-27)28(15-16-39)37-29(40)21-3-9-23(10-4-21)38-18-26(17-24(38)19-43-30(32)33)44-25-11-7-22(8-12-25)31(34,35)36/h3-14,16,24,26,28,30H,2,15,17-19H2,1H3,(H,37,40)/t24-,26-,28-/m0/s1. The lowest BCUT2D eigenvalue weighted by Gasteiger charge is -2.26. The van der Waals surface area contributed by atoms with E-state index < -0.39 is 52.3 Å². The lowest BCUT2D eigenvalue weighted by molar-refractivity contribution is -0.137. The second kappa shape index (κ2) is 14.4. The molecule has 0 unspecified atom stereocenters. The number of carbonyl (C=O) groups is 2. The minimum absolute atomic E-state index is 0.0520. The highest BCUT2D eigenvalue weighted by molar-refractivity contribution is 7.91. The van der Waals surface area contributed by atoms with Crippen LogP contribution in [0.5, 0.6) is 5.75 Å². The van der Waals surface area contributed by atoms with Gasteiger partial charge in [-0.3, -0.25) is 4.79 Å². The lowest BCUT2D eigenvalue weighted by atomic mass is 10.0. The van der Waals surface area contributed by atoms with Gasteiger partial charge in [0.25, 0.3) is 5.91 Å². The van der Waals surface area contributed by atoms with E-state index in [0.717, 1.165) is 12.1 Å². The van der Waals surface area contributed by atoms with Crippen LogP contribution in [0.3, 0.4) is 0 Å². The number of nitrogens with one attached hydrogen (secondary N) is 1. The van der Waals surface area contributed by atoms with Crippen molar-refractivity contribution >= 4 is 27.7 Å². The molecule has 14 heteroatoms. The third kappa shape index (κ3) is 8.78. The first-order valence-electron chi connectivity index (χ1n) is 14.0. The molecule has 0 aromatic heterocycles. The fourth-order valence-corrected chi connectivity index (χ4v) is 5.91. The van der Waals surface area contributed by atoms with Gasteiger partial charge in [0.2, 0.25) is 0 Å². The molecule has 1 aliphatic rings. The van der Waals surface area contributed by atoms with E-state index in [1.807, 2.05) is 0 Å². The molecule has 8 nitrogen and oxygen atoms in total. The number of aldehydes is 1. The maximum Gasteiger partial charge on any atom is 0.416 e. The Bertz CT molecular complexity index is 1550. The molecule has 1 amide bonds. The Morgan fingerprint density at radius 3 is 2.22 bits per heavy atom. The number of rotatable bonds is 13. The van der Waals surface area contributed by atoms with Crippen LogP contribution in [0.15, 0.2) is 77.7 Å². The van der Waals surface area contributed by atoms with Crippen LogP contribution in [0.2, 0.25) is 0 Å². The molecule has 3 aromatic carbocycles. The molecule has 45 heavy (non-hydrogen) atoms. The van der Waals surface area contributed by atoms with E-state index in [0.29, 0.717) is 17.5 Å². The highest BCUT2D eigenvalue weighted by atomic mass is 32.2. The van der Waals surface area contributed by atoms with Crippen molar-refractivity contribution < 1.29 is 49.4 Å². The zero-order chi connectivity index (χ0) is 32.8. The molecule has 242 valence electrons. The predicted molar refractivity (Wildman–Crippen MR) is 155 cm³/mol. The fraction of sp³-hybridized carbons (Fsp3) is 0.355. The van der Waals surface area contributed by atoms with Crippen LogP contribution in [0, 0.1) is 0 Å². The highest BCUT2D eigenvalue weighted by Gasteiger charge is 2.35. The van der Waals surface area contributed by atoms with E-state index in [2.05, 4.69) is 10.1 Å². The van der Waals surface area contributed by atoms with Gasteiger partial charge in [0.1, 0.15) is 18.1 Å². The van der Waals surface area contributed by atoms with E-state index in [1.54, 1.807) is 17.0 Å². The summed E-state index contributed by atoms with van der Waals surface area (Å²) in [6.45, 7) is -1.59. The number of alkyl halides is 5. The van der Waals surface area contributed by atoms with Crippen LogP contribution < -0.4 is 15.0 Å². The number of halogens is 5. The van der Waals surface area contributed by atoms with Crippen LogP contribution in [-0.2, 0) is 25.5 Å². The smallest absolute Gasteiger partial charge is 0.416 e. The van der Waals surface area contributed by atoms with Crippen molar-refractivity contribution in [3.63, 3.8) is 0 Å². The molecule has 0 saturated carbocycles. The average Bonchev–Trinajstić information content (AvgIpc) is 3.42. The second-order valence-electron chi connectivity index (χ2n) is 10.3. The molecule has 4 rings (SSSR count).